The monoisotopic (exact) mass is 294 g/mol. The lowest BCUT2D eigenvalue weighted by Gasteiger charge is -2.01. The van der Waals surface area contributed by atoms with Crippen molar-refractivity contribution in [2.75, 3.05) is 0 Å². The van der Waals surface area contributed by atoms with Gasteiger partial charge in [0.25, 0.3) is 0 Å². The van der Waals surface area contributed by atoms with Crippen molar-refractivity contribution >= 4 is 11.0 Å². The zero-order valence-corrected chi connectivity index (χ0v) is 11.7. The number of rotatable bonds is 2. The molecular weight excluding hydrogens is 283 g/mol. The van der Waals surface area contributed by atoms with Gasteiger partial charge in [-0.05, 0) is 24.3 Å². The third-order valence-electron chi connectivity index (χ3n) is 3.48. The summed E-state index contributed by atoms with van der Waals surface area (Å²) in [6.07, 6.45) is 6.74. The van der Waals surface area contributed by atoms with Crippen molar-refractivity contribution in [2.24, 2.45) is 7.05 Å². The van der Waals surface area contributed by atoms with Crippen molar-refractivity contribution in [1.82, 2.24) is 29.3 Å². The minimum absolute atomic E-state index is 0.268. The first-order valence-electron chi connectivity index (χ1n) is 6.65. The predicted molar refractivity (Wildman–Crippen MR) is 78.8 cm³/mol. The standard InChI is InChI=1S/C15H11FN6/c1-21-14-12(6-20-21)15(18-8-17-14)22-7-13(19-9-22)10-2-4-11(16)5-3-10/h2-9H,1H3. The van der Waals surface area contributed by atoms with E-state index >= 15 is 0 Å². The molecule has 0 fully saturated rings. The molecule has 0 atom stereocenters. The van der Waals surface area contributed by atoms with Gasteiger partial charge in [-0.15, -0.1) is 0 Å². The Balaban J connectivity index is 1.81. The molecule has 6 nitrogen and oxygen atoms in total. The van der Waals surface area contributed by atoms with Gasteiger partial charge in [-0.25, -0.2) is 19.3 Å². The Morgan fingerprint density at radius 3 is 2.68 bits per heavy atom. The van der Waals surface area contributed by atoms with Crippen molar-refractivity contribution in [3.8, 4) is 17.1 Å². The Hall–Kier alpha value is -3.09. The van der Waals surface area contributed by atoms with Crippen LogP contribution in [0.1, 0.15) is 0 Å². The zero-order valence-electron chi connectivity index (χ0n) is 11.7. The van der Waals surface area contributed by atoms with Crippen LogP contribution in [0.25, 0.3) is 28.1 Å². The van der Waals surface area contributed by atoms with Crippen molar-refractivity contribution in [1.29, 1.82) is 0 Å². The summed E-state index contributed by atoms with van der Waals surface area (Å²) in [6.45, 7) is 0. The van der Waals surface area contributed by atoms with Crippen LogP contribution in [0.2, 0.25) is 0 Å². The number of halogens is 1. The van der Waals surface area contributed by atoms with Crippen LogP contribution in [-0.2, 0) is 7.05 Å². The molecule has 7 heteroatoms. The van der Waals surface area contributed by atoms with Gasteiger partial charge in [0.2, 0.25) is 0 Å². The van der Waals surface area contributed by atoms with Crippen LogP contribution < -0.4 is 0 Å². The molecule has 4 aromatic rings. The molecule has 3 aromatic heterocycles. The minimum atomic E-state index is -0.268. The van der Waals surface area contributed by atoms with E-state index in [1.807, 2.05) is 17.8 Å². The van der Waals surface area contributed by atoms with E-state index in [9.17, 15) is 4.39 Å². The van der Waals surface area contributed by atoms with E-state index in [4.69, 9.17) is 0 Å². The molecule has 0 aliphatic heterocycles. The molecule has 22 heavy (non-hydrogen) atoms. The highest BCUT2D eigenvalue weighted by Gasteiger charge is 2.11. The van der Waals surface area contributed by atoms with Crippen molar-refractivity contribution in [2.45, 2.75) is 0 Å². The van der Waals surface area contributed by atoms with E-state index < -0.39 is 0 Å². The summed E-state index contributed by atoms with van der Waals surface area (Å²) in [7, 11) is 1.83. The average molecular weight is 294 g/mol. The van der Waals surface area contributed by atoms with Gasteiger partial charge in [-0.3, -0.25) is 9.25 Å². The first kappa shape index (κ1) is 12.6. The molecule has 0 N–H and O–H groups in total. The molecule has 0 aliphatic rings. The molecule has 108 valence electrons. The Labute approximate surface area is 124 Å². The van der Waals surface area contributed by atoms with Gasteiger partial charge in [0.05, 0.1) is 17.3 Å². The van der Waals surface area contributed by atoms with E-state index in [1.54, 1.807) is 29.3 Å². The van der Waals surface area contributed by atoms with Gasteiger partial charge < -0.3 is 0 Å². The van der Waals surface area contributed by atoms with E-state index in [0.717, 1.165) is 22.3 Å². The smallest absolute Gasteiger partial charge is 0.163 e. The van der Waals surface area contributed by atoms with Gasteiger partial charge in [-0.1, -0.05) is 0 Å². The normalized spacial score (nSPS) is 11.2. The van der Waals surface area contributed by atoms with E-state index in [2.05, 4.69) is 20.1 Å². The topological polar surface area (TPSA) is 61.4 Å². The number of fused-ring (bicyclic) bond motifs is 1. The number of imidazole rings is 1. The Morgan fingerprint density at radius 2 is 1.86 bits per heavy atom. The first-order valence-corrected chi connectivity index (χ1v) is 6.65. The van der Waals surface area contributed by atoms with Crippen LogP contribution in [0.4, 0.5) is 4.39 Å². The number of aryl methyl sites for hydroxylation is 1. The molecule has 0 amide bonds. The lowest BCUT2D eigenvalue weighted by Crippen LogP contribution is -1.98. The molecule has 3 heterocycles. The summed E-state index contributed by atoms with van der Waals surface area (Å²) in [5, 5.41) is 5.04. The van der Waals surface area contributed by atoms with Crippen molar-refractivity contribution in [3.63, 3.8) is 0 Å². The predicted octanol–water partition coefficient (Wildman–Crippen LogP) is 2.36. The lowest BCUT2D eigenvalue weighted by atomic mass is 10.2. The Morgan fingerprint density at radius 1 is 1.05 bits per heavy atom. The maximum Gasteiger partial charge on any atom is 0.163 e. The number of nitrogens with zero attached hydrogens (tertiary/aromatic N) is 6. The number of hydrogen-bond acceptors (Lipinski definition) is 4. The quantitative estimate of drug-likeness (QED) is 0.569. The summed E-state index contributed by atoms with van der Waals surface area (Å²) >= 11 is 0. The zero-order chi connectivity index (χ0) is 15.1. The van der Waals surface area contributed by atoms with Crippen LogP contribution in [0.15, 0.2) is 49.3 Å². The third-order valence-corrected chi connectivity index (χ3v) is 3.48. The van der Waals surface area contributed by atoms with Crippen molar-refractivity contribution in [3.05, 3.63) is 55.1 Å². The molecule has 0 saturated carbocycles. The second kappa shape index (κ2) is 4.73. The average Bonchev–Trinajstić information content (AvgIpc) is 3.16. The maximum absolute atomic E-state index is 13.0. The molecule has 0 bridgehead atoms. The third kappa shape index (κ3) is 1.95. The molecule has 4 rings (SSSR count). The van der Waals surface area contributed by atoms with Gasteiger partial charge in [0.1, 0.15) is 18.5 Å². The number of benzene rings is 1. The second-order valence-corrected chi connectivity index (χ2v) is 4.88. The SMILES string of the molecule is Cn1ncc2c(-n3cnc(-c4ccc(F)cc4)c3)ncnc21. The maximum atomic E-state index is 13.0. The highest BCUT2D eigenvalue weighted by atomic mass is 19.1. The molecule has 1 aromatic carbocycles. The minimum Gasteiger partial charge on any atom is -0.289 e. The highest BCUT2D eigenvalue weighted by Crippen LogP contribution is 2.21. The summed E-state index contributed by atoms with van der Waals surface area (Å²) in [4.78, 5) is 12.9. The van der Waals surface area contributed by atoms with Gasteiger partial charge >= 0.3 is 0 Å². The molecule has 0 radical (unpaired) electrons. The summed E-state index contributed by atoms with van der Waals surface area (Å²) in [5.41, 5.74) is 2.34. The van der Waals surface area contributed by atoms with Gasteiger partial charge in [0, 0.05) is 18.8 Å². The fraction of sp³-hybridized carbons (Fsp3) is 0.0667. The van der Waals surface area contributed by atoms with E-state index in [0.29, 0.717) is 5.82 Å². The number of hydrogen-bond donors (Lipinski definition) is 0. The summed E-state index contributed by atoms with van der Waals surface area (Å²) in [5.74, 6) is 0.440. The molecule has 0 saturated heterocycles. The van der Waals surface area contributed by atoms with E-state index in [1.165, 1.54) is 18.5 Å². The van der Waals surface area contributed by atoms with Crippen molar-refractivity contribution < 1.29 is 4.39 Å². The second-order valence-electron chi connectivity index (χ2n) is 4.88. The summed E-state index contributed by atoms with van der Waals surface area (Å²) < 4.78 is 16.5. The molecule has 0 aliphatic carbocycles. The largest absolute Gasteiger partial charge is 0.289 e. The number of aromatic nitrogens is 6. The Bertz CT molecular complexity index is 954. The fourth-order valence-electron chi connectivity index (χ4n) is 2.36. The Kier molecular flexibility index (Phi) is 2.72. The summed E-state index contributed by atoms with van der Waals surface area (Å²) in [6, 6.07) is 6.22. The van der Waals surface area contributed by atoms with Crippen LogP contribution in [0.5, 0.6) is 0 Å². The highest BCUT2D eigenvalue weighted by molar-refractivity contribution is 5.82. The van der Waals surface area contributed by atoms with Crippen LogP contribution in [0.3, 0.4) is 0 Å². The van der Waals surface area contributed by atoms with E-state index in [-0.39, 0.29) is 5.82 Å². The van der Waals surface area contributed by atoms with Gasteiger partial charge in [-0.2, -0.15) is 5.10 Å². The molecular formula is C15H11FN6. The molecule has 0 unspecified atom stereocenters. The first-order chi connectivity index (χ1) is 10.7. The fourth-order valence-corrected chi connectivity index (χ4v) is 2.36. The van der Waals surface area contributed by atoms with Gasteiger partial charge in [0.15, 0.2) is 11.5 Å². The van der Waals surface area contributed by atoms with Crippen LogP contribution in [-0.4, -0.2) is 29.3 Å². The lowest BCUT2D eigenvalue weighted by molar-refractivity contribution is 0.628. The van der Waals surface area contributed by atoms with Crippen LogP contribution in [0, 0.1) is 5.82 Å². The van der Waals surface area contributed by atoms with Crippen LogP contribution >= 0.6 is 0 Å². The molecule has 0 spiro atoms.